The zero-order chi connectivity index (χ0) is 32.4. The van der Waals surface area contributed by atoms with Crippen molar-refractivity contribution in [1.82, 2.24) is 0 Å². The van der Waals surface area contributed by atoms with E-state index in [2.05, 4.69) is 6.58 Å². The summed E-state index contributed by atoms with van der Waals surface area (Å²) in [6.45, 7) is 12.3. The van der Waals surface area contributed by atoms with Gasteiger partial charge in [-0.05, 0) is 49.6 Å². The van der Waals surface area contributed by atoms with Gasteiger partial charge in [-0.3, -0.25) is 9.59 Å². The van der Waals surface area contributed by atoms with Gasteiger partial charge in [0.2, 0.25) is 0 Å². The Hall–Kier alpha value is -4.18. The monoisotopic (exact) mass is 618 g/mol. The number of rotatable bonds is 8. The first-order valence-corrected chi connectivity index (χ1v) is 15.1. The molecule has 45 heavy (non-hydrogen) atoms. The number of methoxy groups -OCH3 is 1. The lowest BCUT2D eigenvalue weighted by atomic mass is 9.48. The van der Waals surface area contributed by atoms with E-state index in [1.54, 1.807) is 62.8 Å². The van der Waals surface area contributed by atoms with Crippen LogP contribution in [0.2, 0.25) is 0 Å². The van der Waals surface area contributed by atoms with E-state index in [4.69, 9.17) is 28.1 Å². The zero-order valence-corrected chi connectivity index (χ0v) is 26.0. The molecule has 0 radical (unpaired) electrons. The smallest absolute Gasteiger partial charge is 0.338 e. The van der Waals surface area contributed by atoms with Crippen molar-refractivity contribution < 1.29 is 47.3 Å². The lowest BCUT2D eigenvalue weighted by Crippen LogP contribution is -2.66. The van der Waals surface area contributed by atoms with Crippen LogP contribution in [0.5, 0.6) is 0 Å². The first-order valence-electron chi connectivity index (χ1n) is 15.1. The summed E-state index contributed by atoms with van der Waals surface area (Å²) in [5.41, 5.74) is -2.33. The Morgan fingerprint density at radius 3 is 2.49 bits per heavy atom. The van der Waals surface area contributed by atoms with E-state index >= 15 is 0 Å². The van der Waals surface area contributed by atoms with Crippen molar-refractivity contribution in [3.63, 3.8) is 0 Å². The molecule has 4 aliphatic rings. The van der Waals surface area contributed by atoms with Gasteiger partial charge in [-0.15, -0.1) is 0 Å². The molecule has 2 aliphatic heterocycles. The third-order valence-electron chi connectivity index (χ3n) is 11.0. The Labute approximate surface area is 261 Å². The maximum Gasteiger partial charge on any atom is 0.338 e. The van der Waals surface area contributed by atoms with Crippen LogP contribution in [0.15, 0.2) is 77.6 Å². The largest absolute Gasteiger partial charge is 0.472 e. The van der Waals surface area contributed by atoms with Gasteiger partial charge in [0, 0.05) is 29.2 Å². The molecule has 0 N–H and O–H groups in total. The molecule has 3 heterocycles. The van der Waals surface area contributed by atoms with Gasteiger partial charge in [0.1, 0.15) is 23.4 Å². The molecule has 2 aliphatic carbocycles. The quantitative estimate of drug-likeness (QED) is 0.132. The molecule has 1 aromatic heterocycles. The molecule has 0 bridgehead atoms. The van der Waals surface area contributed by atoms with Crippen LogP contribution in [0.25, 0.3) is 0 Å². The highest BCUT2D eigenvalue weighted by molar-refractivity contribution is 5.89. The fraction of sp³-hybridized carbons (Fsp3) is 0.486. The van der Waals surface area contributed by atoms with Crippen molar-refractivity contribution in [3.8, 4) is 0 Å². The standard InChI is InChI=1S/C35H38O10/c1-20-28(33(4)14-12-26(37)45-32(2,3)24(33)17-27(38)40-6)29(42-19-36)30(43-31(39)21-10-8-7-9-11-21)34(5)23(22-13-15-41-18-22)16-25-35(20,34)44-25/h7-15,18-19,23-25,28-30H,1,16-17H2,2-6H3. The lowest BCUT2D eigenvalue weighted by Gasteiger charge is -2.58. The van der Waals surface area contributed by atoms with Crippen molar-refractivity contribution in [2.75, 3.05) is 7.11 Å². The third kappa shape index (κ3) is 4.47. The van der Waals surface area contributed by atoms with Crippen LogP contribution in [-0.4, -0.2) is 61.0 Å². The number of carbonyl (C=O) groups excluding carboxylic acids is 4. The highest BCUT2D eigenvalue weighted by atomic mass is 16.6. The number of hydrogen-bond donors (Lipinski definition) is 0. The van der Waals surface area contributed by atoms with Crippen molar-refractivity contribution >= 4 is 24.4 Å². The molecule has 3 fully saturated rings. The Bertz CT molecular complexity index is 1540. The van der Waals surface area contributed by atoms with E-state index in [0.717, 1.165) is 5.56 Å². The van der Waals surface area contributed by atoms with E-state index in [1.807, 2.05) is 19.9 Å². The van der Waals surface area contributed by atoms with Gasteiger partial charge >= 0.3 is 17.9 Å². The minimum atomic E-state index is -1.16. The Balaban J connectivity index is 1.56. The van der Waals surface area contributed by atoms with Crippen LogP contribution < -0.4 is 0 Å². The zero-order valence-electron chi connectivity index (χ0n) is 26.0. The lowest BCUT2D eigenvalue weighted by molar-refractivity contribution is -0.189. The molecule has 1 spiro atoms. The Kier molecular flexibility index (Phi) is 7.34. The van der Waals surface area contributed by atoms with Crippen LogP contribution in [0.1, 0.15) is 62.4 Å². The Morgan fingerprint density at radius 1 is 1.11 bits per heavy atom. The molecule has 0 amide bonds. The highest BCUT2D eigenvalue weighted by Gasteiger charge is 2.84. The van der Waals surface area contributed by atoms with Gasteiger partial charge in [-0.25, -0.2) is 9.59 Å². The maximum absolute atomic E-state index is 13.8. The van der Waals surface area contributed by atoms with Gasteiger partial charge in [-0.2, -0.15) is 0 Å². The molecule has 238 valence electrons. The van der Waals surface area contributed by atoms with Crippen molar-refractivity contribution in [1.29, 1.82) is 0 Å². The summed E-state index contributed by atoms with van der Waals surface area (Å²) >= 11 is 0. The second-order valence-electron chi connectivity index (χ2n) is 13.4. The van der Waals surface area contributed by atoms with Gasteiger partial charge in [0.25, 0.3) is 6.47 Å². The number of esters is 3. The molecule has 2 aromatic rings. The fourth-order valence-electron chi connectivity index (χ4n) is 8.94. The first kappa shape index (κ1) is 30.8. The van der Waals surface area contributed by atoms with E-state index in [9.17, 15) is 19.2 Å². The Morgan fingerprint density at radius 2 is 1.84 bits per heavy atom. The highest BCUT2D eigenvalue weighted by Crippen LogP contribution is 2.76. The average Bonchev–Trinajstić information content (AvgIpc) is 3.38. The number of cyclic esters (lactones) is 1. The summed E-state index contributed by atoms with van der Waals surface area (Å²) in [6, 6.07) is 10.5. The normalized spacial score (nSPS) is 37.8. The second-order valence-corrected chi connectivity index (χ2v) is 13.4. The number of epoxide rings is 1. The molecule has 9 unspecified atom stereocenters. The van der Waals surface area contributed by atoms with Gasteiger partial charge in [0.15, 0.2) is 0 Å². The number of hydrogen-bond acceptors (Lipinski definition) is 10. The first-order chi connectivity index (χ1) is 21.3. The third-order valence-corrected chi connectivity index (χ3v) is 11.0. The van der Waals surface area contributed by atoms with Crippen LogP contribution in [0.4, 0.5) is 0 Å². The number of ether oxygens (including phenoxy) is 5. The average molecular weight is 619 g/mol. The summed E-state index contributed by atoms with van der Waals surface area (Å²) < 4.78 is 35.4. The molecule has 10 heteroatoms. The maximum atomic E-state index is 13.8. The molecular formula is C35H38O10. The molecule has 1 aromatic carbocycles. The topological polar surface area (TPSA) is 131 Å². The second kappa shape index (κ2) is 10.7. The van der Waals surface area contributed by atoms with Crippen molar-refractivity contribution in [3.05, 3.63) is 84.4 Å². The molecule has 2 saturated carbocycles. The number of allylic oxidation sites excluding steroid dienone is 1. The van der Waals surface area contributed by atoms with Gasteiger partial charge in [-0.1, -0.05) is 44.7 Å². The predicted molar refractivity (Wildman–Crippen MR) is 159 cm³/mol. The summed E-state index contributed by atoms with van der Waals surface area (Å²) in [7, 11) is 1.30. The van der Waals surface area contributed by atoms with Crippen LogP contribution in [0.3, 0.4) is 0 Å². The molecule has 6 rings (SSSR count). The minimum Gasteiger partial charge on any atom is -0.472 e. The minimum absolute atomic E-state index is 0.115. The summed E-state index contributed by atoms with van der Waals surface area (Å²) in [4.78, 5) is 51.9. The molecule has 10 nitrogen and oxygen atoms in total. The van der Waals surface area contributed by atoms with Crippen LogP contribution in [-0.2, 0) is 38.1 Å². The number of benzene rings is 1. The summed E-state index contributed by atoms with van der Waals surface area (Å²) in [6.07, 6.45) is 4.36. The predicted octanol–water partition coefficient (Wildman–Crippen LogP) is 4.94. The molecular weight excluding hydrogens is 580 g/mol. The SMILES string of the molecule is C=C1C(C2(C)C=CC(=O)OC(C)(C)C2CC(=O)OC)C(OC=O)C(OC(=O)c2ccccc2)C2(C)C(c3ccoc3)CC3OC132. The fourth-order valence-corrected chi connectivity index (χ4v) is 8.94. The van der Waals surface area contributed by atoms with Crippen molar-refractivity contribution in [2.24, 2.45) is 22.7 Å². The van der Waals surface area contributed by atoms with Gasteiger partial charge in [0.05, 0.1) is 43.1 Å². The van der Waals surface area contributed by atoms with Crippen LogP contribution in [0, 0.1) is 22.7 Å². The van der Waals surface area contributed by atoms with E-state index in [1.165, 1.54) is 13.2 Å². The van der Waals surface area contributed by atoms with Crippen molar-refractivity contribution in [2.45, 2.75) is 76.0 Å². The number of furan rings is 1. The van der Waals surface area contributed by atoms with E-state index < -0.39 is 64.0 Å². The molecule has 9 atom stereocenters. The molecule has 1 saturated heterocycles. The summed E-state index contributed by atoms with van der Waals surface area (Å²) in [5.74, 6) is -3.33. The van der Waals surface area contributed by atoms with Gasteiger partial charge < -0.3 is 28.1 Å². The van der Waals surface area contributed by atoms with E-state index in [0.29, 0.717) is 24.0 Å². The van der Waals surface area contributed by atoms with E-state index in [-0.39, 0.29) is 18.4 Å². The summed E-state index contributed by atoms with van der Waals surface area (Å²) in [5, 5.41) is 0. The van der Waals surface area contributed by atoms with Crippen LogP contribution >= 0.6 is 0 Å². The number of carbonyl (C=O) groups is 4.